The maximum atomic E-state index is 6.51. The summed E-state index contributed by atoms with van der Waals surface area (Å²) in [5.41, 5.74) is 0. The van der Waals surface area contributed by atoms with Crippen LogP contribution in [0.1, 0.15) is 5.76 Å². The maximum Gasteiger partial charge on any atom is 0.135 e. The van der Waals surface area contributed by atoms with Crippen LogP contribution in [-0.2, 0) is 0 Å². The highest BCUT2D eigenvalue weighted by atomic mass is 16.3. The third kappa shape index (κ3) is 0.863. The van der Waals surface area contributed by atoms with E-state index < -0.39 is 0 Å². The lowest BCUT2D eigenvalue weighted by molar-refractivity contribution is 0.557. The summed E-state index contributed by atoms with van der Waals surface area (Å²) in [7, 11) is 0. The van der Waals surface area contributed by atoms with Crippen LogP contribution in [0.2, 0.25) is 0 Å². The molecule has 0 bridgehead atoms. The average molecular weight is 107 g/mol. The van der Waals surface area contributed by atoms with Gasteiger partial charge in [-0.05, 0) is 18.0 Å². The van der Waals surface area contributed by atoms with E-state index in [0.717, 1.165) is 0 Å². The van der Waals surface area contributed by atoms with Gasteiger partial charge in [0, 0.05) is 6.08 Å². The molecule has 0 aromatic carbocycles. The lowest BCUT2D eigenvalue weighted by atomic mass is 10.4. The summed E-state index contributed by atoms with van der Waals surface area (Å²) in [4.78, 5) is 0. The molecular formula is C6H5NO. The molecule has 0 radical (unpaired) electrons. The first-order chi connectivity index (χ1) is 3.93. The van der Waals surface area contributed by atoms with Crippen LogP contribution in [0, 0.1) is 5.41 Å². The number of nitrogens with one attached hydrogen (secondary N) is 1. The highest BCUT2D eigenvalue weighted by molar-refractivity contribution is 5.73. The van der Waals surface area contributed by atoms with Gasteiger partial charge in [0.15, 0.2) is 0 Å². The Morgan fingerprint density at radius 2 is 2.62 bits per heavy atom. The van der Waals surface area contributed by atoms with Crippen molar-refractivity contribution in [3.05, 3.63) is 24.2 Å². The molecule has 1 aromatic heterocycles. The fourth-order valence-electron chi connectivity index (χ4n) is 0.445. The second-order valence-corrected chi connectivity index (χ2v) is 1.30. The molecule has 1 heterocycles. The largest absolute Gasteiger partial charge is 0.464 e. The minimum absolute atomic E-state index is 0.667. The molecule has 0 saturated heterocycles. The van der Waals surface area contributed by atoms with E-state index in [9.17, 15) is 0 Å². The van der Waals surface area contributed by atoms with Crippen molar-refractivity contribution in [1.29, 1.82) is 5.41 Å². The van der Waals surface area contributed by atoms with Gasteiger partial charge in [0.1, 0.15) is 5.76 Å². The smallest absolute Gasteiger partial charge is 0.135 e. The zero-order valence-corrected chi connectivity index (χ0v) is 4.22. The van der Waals surface area contributed by atoms with Crippen molar-refractivity contribution in [3.8, 4) is 0 Å². The summed E-state index contributed by atoms with van der Waals surface area (Å²) < 4.78 is 4.84. The van der Waals surface area contributed by atoms with Crippen molar-refractivity contribution in [2.24, 2.45) is 0 Å². The Balaban J connectivity index is 2.93. The van der Waals surface area contributed by atoms with Crippen LogP contribution in [0.5, 0.6) is 0 Å². The van der Waals surface area contributed by atoms with Gasteiger partial charge in [-0.3, -0.25) is 5.41 Å². The Hall–Kier alpha value is -1.27. The second kappa shape index (κ2) is 2.15. The van der Waals surface area contributed by atoms with E-state index in [1.165, 1.54) is 6.08 Å². The standard InChI is InChI=1S/C6H5NO/c7-4-3-6-2-1-5-8-6/h1-3,5,7H. The number of hydrogen-bond acceptors (Lipinski definition) is 2. The minimum atomic E-state index is 0.667. The predicted octanol–water partition coefficient (Wildman–Crippen LogP) is 1.54. The van der Waals surface area contributed by atoms with Gasteiger partial charge in [0.05, 0.1) is 6.26 Å². The van der Waals surface area contributed by atoms with E-state index in [4.69, 9.17) is 9.83 Å². The highest BCUT2D eigenvalue weighted by Crippen LogP contribution is 1.98. The third-order valence-corrected chi connectivity index (χ3v) is 0.758. The van der Waals surface area contributed by atoms with Crippen LogP contribution in [-0.4, -0.2) is 5.87 Å². The molecule has 1 aromatic rings. The van der Waals surface area contributed by atoms with Gasteiger partial charge in [-0.1, -0.05) is 0 Å². The van der Waals surface area contributed by atoms with Crippen LogP contribution in [0.3, 0.4) is 0 Å². The van der Waals surface area contributed by atoms with Gasteiger partial charge in [-0.15, -0.1) is 0 Å². The fraction of sp³-hybridized carbons (Fsp3) is 0. The van der Waals surface area contributed by atoms with Gasteiger partial charge in [0.25, 0.3) is 0 Å². The third-order valence-electron chi connectivity index (χ3n) is 0.758. The Bertz CT molecular complexity index is 194. The first-order valence-electron chi connectivity index (χ1n) is 2.22. The molecule has 0 amide bonds. The molecule has 2 heteroatoms. The SMILES string of the molecule is N=C=Cc1ccco1. The van der Waals surface area contributed by atoms with E-state index in [-0.39, 0.29) is 0 Å². The fourth-order valence-corrected chi connectivity index (χ4v) is 0.445. The number of furan rings is 1. The molecule has 1 N–H and O–H groups in total. The molecule has 0 aliphatic carbocycles. The first-order valence-corrected chi connectivity index (χ1v) is 2.22. The maximum absolute atomic E-state index is 6.51. The summed E-state index contributed by atoms with van der Waals surface area (Å²) in [6.45, 7) is 0. The first kappa shape index (κ1) is 4.88. The van der Waals surface area contributed by atoms with Gasteiger partial charge in [-0.2, -0.15) is 0 Å². The van der Waals surface area contributed by atoms with Gasteiger partial charge in [0.2, 0.25) is 0 Å². The van der Waals surface area contributed by atoms with Crippen molar-refractivity contribution >= 4 is 11.9 Å². The van der Waals surface area contributed by atoms with Crippen molar-refractivity contribution in [2.45, 2.75) is 0 Å². The van der Waals surface area contributed by atoms with Gasteiger partial charge < -0.3 is 4.42 Å². The Labute approximate surface area is 47.0 Å². The van der Waals surface area contributed by atoms with Crippen LogP contribution >= 0.6 is 0 Å². The average Bonchev–Trinajstić information content (AvgIpc) is 2.19. The topological polar surface area (TPSA) is 37.0 Å². The number of rotatable bonds is 1. The Morgan fingerprint density at radius 1 is 1.75 bits per heavy atom. The lowest BCUT2D eigenvalue weighted by Gasteiger charge is -1.72. The molecule has 0 fully saturated rings. The van der Waals surface area contributed by atoms with E-state index in [1.807, 2.05) is 0 Å². The van der Waals surface area contributed by atoms with E-state index in [0.29, 0.717) is 5.76 Å². The quantitative estimate of drug-likeness (QED) is 0.543. The zero-order valence-electron chi connectivity index (χ0n) is 4.22. The molecule has 0 unspecified atom stereocenters. The highest BCUT2D eigenvalue weighted by Gasteiger charge is 1.82. The van der Waals surface area contributed by atoms with E-state index in [2.05, 4.69) is 5.87 Å². The summed E-state index contributed by atoms with van der Waals surface area (Å²) in [6.07, 6.45) is 3.02. The Morgan fingerprint density at radius 3 is 3.12 bits per heavy atom. The van der Waals surface area contributed by atoms with Crippen LogP contribution in [0.4, 0.5) is 0 Å². The molecule has 1 rings (SSSR count). The van der Waals surface area contributed by atoms with Crippen LogP contribution in [0.15, 0.2) is 22.8 Å². The minimum Gasteiger partial charge on any atom is -0.464 e. The lowest BCUT2D eigenvalue weighted by Crippen LogP contribution is -1.55. The molecule has 2 nitrogen and oxygen atoms in total. The van der Waals surface area contributed by atoms with Crippen molar-refractivity contribution in [2.75, 3.05) is 0 Å². The van der Waals surface area contributed by atoms with Gasteiger partial charge in [-0.25, -0.2) is 0 Å². The summed E-state index contributed by atoms with van der Waals surface area (Å²) in [6, 6.07) is 3.53. The molecule has 40 valence electrons. The van der Waals surface area contributed by atoms with Crippen LogP contribution in [0.25, 0.3) is 6.08 Å². The van der Waals surface area contributed by atoms with E-state index in [1.54, 1.807) is 18.4 Å². The van der Waals surface area contributed by atoms with Crippen LogP contribution < -0.4 is 0 Å². The molecule has 0 atom stereocenters. The molecule has 0 saturated carbocycles. The van der Waals surface area contributed by atoms with Crippen molar-refractivity contribution in [3.63, 3.8) is 0 Å². The normalized spacial score (nSPS) is 8.00. The second-order valence-electron chi connectivity index (χ2n) is 1.30. The van der Waals surface area contributed by atoms with E-state index >= 15 is 0 Å². The molecule has 8 heavy (non-hydrogen) atoms. The number of hydrogen-bond donors (Lipinski definition) is 1. The summed E-state index contributed by atoms with van der Waals surface area (Å²) in [5, 5.41) is 6.51. The summed E-state index contributed by atoms with van der Waals surface area (Å²) >= 11 is 0. The Kier molecular flexibility index (Phi) is 1.31. The monoisotopic (exact) mass is 107 g/mol. The zero-order chi connectivity index (χ0) is 5.82. The molecule has 0 aliphatic rings. The molecule has 0 aliphatic heterocycles. The molecule has 0 spiro atoms. The predicted molar refractivity (Wildman–Crippen MR) is 30.9 cm³/mol. The molecular weight excluding hydrogens is 102 g/mol. The van der Waals surface area contributed by atoms with Gasteiger partial charge >= 0.3 is 0 Å². The summed E-state index contributed by atoms with van der Waals surface area (Å²) in [5.74, 6) is 2.77. The van der Waals surface area contributed by atoms with Crippen molar-refractivity contribution in [1.82, 2.24) is 0 Å². The van der Waals surface area contributed by atoms with Crippen molar-refractivity contribution < 1.29 is 4.42 Å².